The highest BCUT2D eigenvalue weighted by atomic mass is 79.9. The molecule has 1 aromatic heterocycles. The largest absolute Gasteiger partial charge is 0.389 e. The first kappa shape index (κ1) is 14.7. The third kappa shape index (κ3) is 4.38. The van der Waals surface area contributed by atoms with Crippen LogP contribution < -0.4 is 5.73 Å². The molecule has 0 saturated carbocycles. The number of halogens is 1. The van der Waals surface area contributed by atoms with Crippen molar-refractivity contribution in [2.75, 3.05) is 7.05 Å². The van der Waals surface area contributed by atoms with Crippen molar-refractivity contribution >= 4 is 44.5 Å². The number of thiophene rings is 1. The number of nitrogens with two attached hydrogens (primary N) is 1. The second-order valence-electron chi connectivity index (χ2n) is 4.49. The van der Waals surface area contributed by atoms with Gasteiger partial charge in [-0.1, -0.05) is 36.5 Å². The smallest absolute Gasteiger partial charge is 0.103 e. The molecular formula is C14H15BrN2S2. The van der Waals surface area contributed by atoms with Crippen molar-refractivity contribution in [3.8, 4) is 0 Å². The Kier molecular flexibility index (Phi) is 5.10. The molecule has 0 fully saturated rings. The summed E-state index contributed by atoms with van der Waals surface area (Å²) in [4.78, 5) is 2.73. The number of nitrogens with zero attached hydrogens (tertiary/aromatic N) is 1. The van der Waals surface area contributed by atoms with Crippen molar-refractivity contribution in [1.29, 1.82) is 0 Å². The summed E-state index contributed by atoms with van der Waals surface area (Å²) in [6, 6.07) is 10.3. The molecule has 0 aliphatic rings. The van der Waals surface area contributed by atoms with E-state index in [2.05, 4.69) is 51.5 Å². The molecule has 0 saturated heterocycles. The van der Waals surface area contributed by atoms with Crippen LogP contribution in [0.1, 0.15) is 16.7 Å². The monoisotopic (exact) mass is 354 g/mol. The van der Waals surface area contributed by atoms with Crippen molar-refractivity contribution in [3.63, 3.8) is 0 Å². The van der Waals surface area contributed by atoms with Crippen LogP contribution in [0.2, 0.25) is 0 Å². The molecule has 0 amide bonds. The Bertz CT molecular complexity index is 563. The maximum absolute atomic E-state index is 5.59. The second-order valence-corrected chi connectivity index (χ2v) is 7.22. The second kappa shape index (κ2) is 6.61. The molecule has 2 N–H and O–H groups in total. The Labute approximate surface area is 131 Å². The molecule has 0 aliphatic heterocycles. The third-order valence-corrected chi connectivity index (χ3v) is 4.55. The van der Waals surface area contributed by atoms with Crippen molar-refractivity contribution in [2.45, 2.75) is 13.1 Å². The van der Waals surface area contributed by atoms with Crippen molar-refractivity contribution in [3.05, 3.63) is 56.2 Å². The molecule has 1 aromatic carbocycles. The fourth-order valence-corrected chi connectivity index (χ4v) is 3.22. The molecule has 0 radical (unpaired) electrons. The number of hydrogen-bond donors (Lipinski definition) is 1. The van der Waals surface area contributed by atoms with Gasteiger partial charge in [-0.2, -0.15) is 0 Å². The normalized spacial score (nSPS) is 10.9. The average Bonchev–Trinajstić information content (AvgIpc) is 2.75. The fraction of sp³-hybridized carbons (Fsp3) is 0.214. The molecule has 5 heteroatoms. The maximum atomic E-state index is 5.59. The SMILES string of the molecule is CN(Cc1ccc(C(N)=S)cc1)Cc1csc(Br)c1. The summed E-state index contributed by atoms with van der Waals surface area (Å²) in [7, 11) is 2.12. The van der Waals surface area contributed by atoms with Gasteiger partial charge in [0.15, 0.2) is 0 Å². The molecular weight excluding hydrogens is 340 g/mol. The van der Waals surface area contributed by atoms with E-state index in [1.54, 1.807) is 11.3 Å². The molecule has 0 unspecified atom stereocenters. The Morgan fingerprint density at radius 1 is 1.26 bits per heavy atom. The van der Waals surface area contributed by atoms with Crippen LogP contribution in [0.4, 0.5) is 0 Å². The van der Waals surface area contributed by atoms with Crippen LogP contribution in [0.3, 0.4) is 0 Å². The zero-order chi connectivity index (χ0) is 13.8. The molecule has 2 aromatic rings. The Morgan fingerprint density at radius 3 is 2.42 bits per heavy atom. The molecule has 0 atom stereocenters. The van der Waals surface area contributed by atoms with Gasteiger partial charge in [0.25, 0.3) is 0 Å². The molecule has 0 bridgehead atoms. The first-order valence-electron chi connectivity index (χ1n) is 5.85. The predicted octanol–water partition coefficient (Wildman–Crippen LogP) is 3.78. The number of hydrogen-bond acceptors (Lipinski definition) is 3. The van der Waals surface area contributed by atoms with Crippen molar-refractivity contribution in [1.82, 2.24) is 4.90 Å². The summed E-state index contributed by atoms with van der Waals surface area (Å²) in [6.07, 6.45) is 0. The van der Waals surface area contributed by atoms with E-state index in [1.807, 2.05) is 12.1 Å². The van der Waals surface area contributed by atoms with Gasteiger partial charge < -0.3 is 5.73 Å². The minimum Gasteiger partial charge on any atom is -0.389 e. The van der Waals surface area contributed by atoms with Gasteiger partial charge in [0, 0.05) is 18.7 Å². The van der Waals surface area contributed by atoms with Crippen LogP contribution in [0.15, 0.2) is 39.5 Å². The van der Waals surface area contributed by atoms with E-state index >= 15 is 0 Å². The van der Waals surface area contributed by atoms with Crippen LogP contribution in [-0.2, 0) is 13.1 Å². The van der Waals surface area contributed by atoms with Crippen LogP contribution in [0, 0.1) is 0 Å². The molecule has 1 heterocycles. The van der Waals surface area contributed by atoms with Crippen LogP contribution in [-0.4, -0.2) is 16.9 Å². The van der Waals surface area contributed by atoms with Gasteiger partial charge >= 0.3 is 0 Å². The lowest BCUT2D eigenvalue weighted by Crippen LogP contribution is -2.17. The van der Waals surface area contributed by atoms with E-state index in [-0.39, 0.29) is 0 Å². The summed E-state index contributed by atoms with van der Waals surface area (Å²) in [6.45, 7) is 1.85. The topological polar surface area (TPSA) is 29.3 Å². The number of rotatable bonds is 5. The molecule has 0 aliphatic carbocycles. The van der Waals surface area contributed by atoms with E-state index in [0.717, 1.165) is 18.7 Å². The zero-order valence-corrected chi connectivity index (χ0v) is 13.8. The molecule has 19 heavy (non-hydrogen) atoms. The minimum atomic E-state index is 0.447. The summed E-state index contributed by atoms with van der Waals surface area (Å²) >= 11 is 10.2. The van der Waals surface area contributed by atoms with Gasteiger partial charge in [-0.25, -0.2) is 0 Å². The Morgan fingerprint density at radius 2 is 1.89 bits per heavy atom. The Balaban J connectivity index is 1.94. The summed E-state index contributed by atoms with van der Waals surface area (Å²) in [5.41, 5.74) is 9.10. The van der Waals surface area contributed by atoms with E-state index in [1.165, 1.54) is 14.9 Å². The zero-order valence-electron chi connectivity index (χ0n) is 10.6. The quantitative estimate of drug-likeness (QED) is 0.828. The first-order valence-corrected chi connectivity index (χ1v) is 7.93. The van der Waals surface area contributed by atoms with E-state index in [0.29, 0.717) is 4.99 Å². The predicted molar refractivity (Wildman–Crippen MR) is 89.5 cm³/mol. The van der Waals surface area contributed by atoms with Gasteiger partial charge in [0.1, 0.15) is 4.99 Å². The Hall–Kier alpha value is -0.750. The molecule has 2 nitrogen and oxygen atoms in total. The van der Waals surface area contributed by atoms with Gasteiger partial charge in [-0.3, -0.25) is 4.90 Å². The van der Waals surface area contributed by atoms with Crippen molar-refractivity contribution in [2.24, 2.45) is 5.73 Å². The highest BCUT2D eigenvalue weighted by Crippen LogP contribution is 2.21. The highest BCUT2D eigenvalue weighted by Gasteiger charge is 2.04. The molecule has 2 rings (SSSR count). The lowest BCUT2D eigenvalue weighted by atomic mass is 10.1. The molecule has 0 spiro atoms. The van der Waals surface area contributed by atoms with Crippen LogP contribution >= 0.6 is 39.5 Å². The van der Waals surface area contributed by atoms with E-state index < -0.39 is 0 Å². The van der Waals surface area contributed by atoms with Crippen LogP contribution in [0.5, 0.6) is 0 Å². The van der Waals surface area contributed by atoms with Gasteiger partial charge in [0.2, 0.25) is 0 Å². The first-order chi connectivity index (χ1) is 9.04. The maximum Gasteiger partial charge on any atom is 0.103 e. The van der Waals surface area contributed by atoms with Gasteiger partial charge in [-0.05, 0) is 45.6 Å². The van der Waals surface area contributed by atoms with Gasteiger partial charge in [0.05, 0.1) is 3.79 Å². The van der Waals surface area contributed by atoms with E-state index in [9.17, 15) is 0 Å². The number of thiocarbonyl (C=S) groups is 1. The fourth-order valence-electron chi connectivity index (χ4n) is 1.88. The van der Waals surface area contributed by atoms with Crippen LogP contribution in [0.25, 0.3) is 0 Å². The van der Waals surface area contributed by atoms with E-state index in [4.69, 9.17) is 18.0 Å². The van der Waals surface area contributed by atoms with Crippen molar-refractivity contribution < 1.29 is 0 Å². The summed E-state index contributed by atoms with van der Waals surface area (Å²) in [5, 5.41) is 2.18. The standard InChI is InChI=1S/C14H15BrN2S2/c1-17(8-11-6-13(15)19-9-11)7-10-2-4-12(5-3-10)14(16)18/h2-6,9H,7-8H2,1H3,(H2,16,18). The lowest BCUT2D eigenvalue weighted by Gasteiger charge is -2.16. The summed E-state index contributed by atoms with van der Waals surface area (Å²) in [5.74, 6) is 0. The number of benzene rings is 1. The lowest BCUT2D eigenvalue weighted by molar-refractivity contribution is 0.319. The minimum absolute atomic E-state index is 0.447. The van der Waals surface area contributed by atoms with Gasteiger partial charge in [-0.15, -0.1) is 11.3 Å². The molecule has 100 valence electrons. The summed E-state index contributed by atoms with van der Waals surface area (Å²) < 4.78 is 1.18. The average molecular weight is 355 g/mol. The highest BCUT2D eigenvalue weighted by molar-refractivity contribution is 9.11. The third-order valence-electron chi connectivity index (χ3n) is 2.77.